The number of nitriles is 1. The van der Waals surface area contributed by atoms with Crippen LogP contribution in [0.4, 0.5) is 0 Å². The molecule has 0 fully saturated rings. The number of hydrogen-bond donors (Lipinski definition) is 0. The molecule has 0 saturated carbocycles. The van der Waals surface area contributed by atoms with Crippen molar-refractivity contribution in [3.05, 3.63) is 64.2 Å². The average molecular weight is 292 g/mol. The zero-order valence-electron chi connectivity index (χ0n) is 10.1. The van der Waals surface area contributed by atoms with Gasteiger partial charge in [-0.1, -0.05) is 29.8 Å². The van der Waals surface area contributed by atoms with Crippen LogP contribution in [0.15, 0.2) is 42.5 Å². The second kappa shape index (κ2) is 6.47. The Bertz CT molecular complexity index is 603. The van der Waals surface area contributed by atoms with Gasteiger partial charge in [0.05, 0.1) is 11.6 Å². The number of alkyl halides is 1. The van der Waals surface area contributed by atoms with E-state index in [1.165, 1.54) is 0 Å². The lowest BCUT2D eigenvalue weighted by molar-refractivity contribution is 0.306. The molecule has 2 aromatic carbocycles. The molecule has 0 aliphatic heterocycles. The second-order valence-electron chi connectivity index (χ2n) is 3.98. The monoisotopic (exact) mass is 291 g/mol. The quantitative estimate of drug-likeness (QED) is 0.776. The summed E-state index contributed by atoms with van der Waals surface area (Å²) in [4.78, 5) is 0. The van der Waals surface area contributed by atoms with Crippen molar-refractivity contribution < 1.29 is 4.74 Å². The maximum atomic E-state index is 8.76. The van der Waals surface area contributed by atoms with Crippen molar-refractivity contribution in [2.75, 3.05) is 0 Å². The highest BCUT2D eigenvalue weighted by Crippen LogP contribution is 2.20. The lowest BCUT2D eigenvalue weighted by Gasteiger charge is -2.08. The Morgan fingerprint density at radius 2 is 1.84 bits per heavy atom. The molecular formula is C15H11Cl2NO. The van der Waals surface area contributed by atoms with Gasteiger partial charge >= 0.3 is 0 Å². The normalized spacial score (nSPS) is 9.95. The Morgan fingerprint density at radius 1 is 1.11 bits per heavy atom. The third-order valence-electron chi connectivity index (χ3n) is 2.65. The molecule has 4 heteroatoms. The van der Waals surface area contributed by atoms with Gasteiger partial charge in [-0.3, -0.25) is 0 Å². The lowest BCUT2D eigenvalue weighted by atomic mass is 10.1. The number of nitrogens with zero attached hydrogens (tertiary/aromatic N) is 1. The van der Waals surface area contributed by atoms with Crippen LogP contribution in [0, 0.1) is 11.3 Å². The molecule has 2 aromatic rings. The molecule has 2 nitrogen and oxygen atoms in total. The summed E-state index contributed by atoms with van der Waals surface area (Å²) >= 11 is 11.8. The molecule has 0 bridgehead atoms. The molecule has 0 spiro atoms. The van der Waals surface area contributed by atoms with Gasteiger partial charge < -0.3 is 4.74 Å². The number of ether oxygens (including phenoxy) is 1. The molecule has 0 atom stereocenters. The summed E-state index contributed by atoms with van der Waals surface area (Å²) in [6.07, 6.45) is 0. The van der Waals surface area contributed by atoms with Crippen LogP contribution in [-0.2, 0) is 12.5 Å². The molecule has 96 valence electrons. The predicted molar refractivity (Wildman–Crippen MR) is 76.5 cm³/mol. The van der Waals surface area contributed by atoms with E-state index >= 15 is 0 Å². The third kappa shape index (κ3) is 3.64. The standard InChI is InChI=1S/C15H11Cl2NO/c16-8-11-2-5-14(6-3-11)19-10-13-4-1-12(9-18)7-15(13)17/h1-7H,8,10H2. The van der Waals surface area contributed by atoms with E-state index in [4.69, 9.17) is 33.2 Å². The fourth-order valence-corrected chi connectivity index (χ4v) is 1.98. The van der Waals surface area contributed by atoms with Gasteiger partial charge in [0, 0.05) is 16.5 Å². The van der Waals surface area contributed by atoms with Crippen molar-refractivity contribution >= 4 is 23.2 Å². The van der Waals surface area contributed by atoms with E-state index in [1.54, 1.807) is 18.2 Å². The number of benzene rings is 2. The molecule has 2 rings (SSSR count). The highest BCUT2D eigenvalue weighted by Gasteiger charge is 2.03. The zero-order valence-corrected chi connectivity index (χ0v) is 11.6. The van der Waals surface area contributed by atoms with Crippen LogP contribution >= 0.6 is 23.2 Å². The van der Waals surface area contributed by atoms with Gasteiger partial charge in [0.2, 0.25) is 0 Å². The van der Waals surface area contributed by atoms with Gasteiger partial charge in [0.25, 0.3) is 0 Å². The van der Waals surface area contributed by atoms with Crippen LogP contribution in [0.25, 0.3) is 0 Å². The minimum atomic E-state index is 0.366. The number of halogens is 2. The Balaban J connectivity index is 2.04. The Hall–Kier alpha value is -1.69. The summed E-state index contributed by atoms with van der Waals surface area (Å²) in [6, 6.07) is 14.8. The van der Waals surface area contributed by atoms with Gasteiger partial charge in [-0.25, -0.2) is 0 Å². The molecule has 0 saturated heterocycles. The van der Waals surface area contributed by atoms with Crippen molar-refractivity contribution in [2.45, 2.75) is 12.5 Å². The van der Waals surface area contributed by atoms with Crippen LogP contribution < -0.4 is 4.74 Å². The first-order chi connectivity index (χ1) is 9.22. The van der Waals surface area contributed by atoms with Gasteiger partial charge in [-0.05, 0) is 29.8 Å². The van der Waals surface area contributed by atoms with E-state index in [-0.39, 0.29) is 0 Å². The van der Waals surface area contributed by atoms with Crippen molar-refractivity contribution in [3.8, 4) is 11.8 Å². The number of rotatable bonds is 4. The van der Waals surface area contributed by atoms with Crippen molar-refractivity contribution in [1.29, 1.82) is 5.26 Å². The highest BCUT2D eigenvalue weighted by molar-refractivity contribution is 6.31. The van der Waals surface area contributed by atoms with Crippen LogP contribution in [0.1, 0.15) is 16.7 Å². The topological polar surface area (TPSA) is 33.0 Å². The molecular weight excluding hydrogens is 281 g/mol. The summed E-state index contributed by atoms with van der Waals surface area (Å²) in [6.45, 7) is 0.366. The van der Waals surface area contributed by atoms with E-state index in [9.17, 15) is 0 Å². The Kier molecular flexibility index (Phi) is 4.68. The molecule has 0 heterocycles. The average Bonchev–Trinajstić information content (AvgIpc) is 2.46. The molecule has 0 aliphatic carbocycles. The summed E-state index contributed by atoms with van der Waals surface area (Å²) in [7, 11) is 0. The van der Waals surface area contributed by atoms with Crippen LogP contribution in [0.5, 0.6) is 5.75 Å². The van der Waals surface area contributed by atoms with Crippen LogP contribution in [0.2, 0.25) is 5.02 Å². The third-order valence-corrected chi connectivity index (χ3v) is 3.31. The molecule has 0 aromatic heterocycles. The molecule has 0 unspecified atom stereocenters. The fraction of sp³-hybridized carbons (Fsp3) is 0.133. The molecule has 0 radical (unpaired) electrons. The minimum absolute atomic E-state index is 0.366. The first-order valence-electron chi connectivity index (χ1n) is 5.69. The van der Waals surface area contributed by atoms with Gasteiger partial charge in [-0.15, -0.1) is 11.6 Å². The van der Waals surface area contributed by atoms with Crippen LogP contribution in [0.3, 0.4) is 0 Å². The lowest BCUT2D eigenvalue weighted by Crippen LogP contribution is -1.96. The van der Waals surface area contributed by atoms with Crippen LogP contribution in [-0.4, -0.2) is 0 Å². The van der Waals surface area contributed by atoms with Gasteiger partial charge in [0.1, 0.15) is 12.4 Å². The maximum Gasteiger partial charge on any atom is 0.119 e. The molecule has 0 N–H and O–H groups in total. The minimum Gasteiger partial charge on any atom is -0.489 e. The SMILES string of the molecule is N#Cc1ccc(COc2ccc(CCl)cc2)c(Cl)c1. The van der Waals surface area contributed by atoms with E-state index in [1.807, 2.05) is 30.3 Å². The van der Waals surface area contributed by atoms with Gasteiger partial charge in [-0.2, -0.15) is 5.26 Å². The first-order valence-corrected chi connectivity index (χ1v) is 6.60. The van der Waals surface area contributed by atoms with Gasteiger partial charge in [0.15, 0.2) is 0 Å². The van der Waals surface area contributed by atoms with Crippen molar-refractivity contribution in [2.24, 2.45) is 0 Å². The highest BCUT2D eigenvalue weighted by atomic mass is 35.5. The molecule has 0 aliphatic rings. The molecule has 19 heavy (non-hydrogen) atoms. The Morgan fingerprint density at radius 3 is 2.42 bits per heavy atom. The molecule has 0 amide bonds. The largest absolute Gasteiger partial charge is 0.489 e. The second-order valence-corrected chi connectivity index (χ2v) is 4.66. The summed E-state index contributed by atoms with van der Waals surface area (Å²) < 4.78 is 5.64. The maximum absolute atomic E-state index is 8.76. The Labute approximate surface area is 122 Å². The smallest absolute Gasteiger partial charge is 0.119 e. The summed E-state index contributed by atoms with van der Waals surface area (Å²) in [5.74, 6) is 1.25. The van der Waals surface area contributed by atoms with Crippen molar-refractivity contribution in [3.63, 3.8) is 0 Å². The summed E-state index contributed by atoms with van der Waals surface area (Å²) in [5.41, 5.74) is 2.44. The first kappa shape index (κ1) is 13.7. The summed E-state index contributed by atoms with van der Waals surface area (Å²) in [5, 5.41) is 9.30. The van der Waals surface area contributed by atoms with E-state index in [0.717, 1.165) is 16.9 Å². The van der Waals surface area contributed by atoms with Crippen molar-refractivity contribution in [1.82, 2.24) is 0 Å². The predicted octanol–water partition coefficient (Wildman–Crippen LogP) is 4.53. The van der Waals surface area contributed by atoms with E-state index in [0.29, 0.717) is 23.1 Å². The zero-order chi connectivity index (χ0) is 13.7. The van der Waals surface area contributed by atoms with E-state index < -0.39 is 0 Å². The fourth-order valence-electron chi connectivity index (χ4n) is 1.57. The van der Waals surface area contributed by atoms with E-state index in [2.05, 4.69) is 0 Å². The number of hydrogen-bond acceptors (Lipinski definition) is 2.